The summed E-state index contributed by atoms with van der Waals surface area (Å²) in [6.07, 6.45) is 0. The Morgan fingerprint density at radius 2 is 1.94 bits per heavy atom. The third-order valence-corrected chi connectivity index (χ3v) is 6.21. The topological polar surface area (TPSA) is 112 Å². The number of ether oxygens (including phenoxy) is 2. The number of likely N-dealkylation sites (N-methyl/N-ethyl adjacent to an activating group) is 1. The van der Waals surface area contributed by atoms with Gasteiger partial charge in [-0.3, -0.25) is 14.5 Å². The van der Waals surface area contributed by atoms with Gasteiger partial charge < -0.3 is 29.9 Å². The van der Waals surface area contributed by atoms with Crippen LogP contribution in [-0.4, -0.2) is 72.3 Å². The Morgan fingerprint density at radius 3 is 2.60 bits per heavy atom. The molecular formula is C26H33N3O6. The summed E-state index contributed by atoms with van der Waals surface area (Å²) in [6.45, 7) is 10.6. The number of methoxy groups -OCH3 is 2. The van der Waals surface area contributed by atoms with Crippen LogP contribution in [0.25, 0.3) is 0 Å². The largest absolute Gasteiger partial charge is 0.507 e. The minimum absolute atomic E-state index is 0.00900. The van der Waals surface area contributed by atoms with Crippen molar-refractivity contribution >= 4 is 17.5 Å². The Hall–Kier alpha value is -3.56. The maximum absolute atomic E-state index is 13.3. The summed E-state index contributed by atoms with van der Waals surface area (Å²) in [5, 5.41) is 23.3. The van der Waals surface area contributed by atoms with Gasteiger partial charge in [0.25, 0.3) is 11.8 Å². The average Bonchev–Trinajstić information content (AvgIpc) is 3.28. The molecule has 9 heteroatoms. The van der Waals surface area contributed by atoms with E-state index in [2.05, 4.69) is 16.8 Å². The Balaban J connectivity index is 1.77. The van der Waals surface area contributed by atoms with E-state index in [-0.39, 0.29) is 35.3 Å². The molecule has 0 spiro atoms. The van der Waals surface area contributed by atoms with Crippen molar-refractivity contribution in [3.8, 4) is 17.2 Å². The number of hydrogen-bond donors (Lipinski definition) is 3. The van der Waals surface area contributed by atoms with Crippen molar-refractivity contribution in [3.05, 3.63) is 58.7 Å². The summed E-state index contributed by atoms with van der Waals surface area (Å²) >= 11 is 0. The number of fused-ring (bicyclic) bond motifs is 1. The number of carbonyl (C=O) groups excluding carboxylic acids is 2. The highest BCUT2D eigenvalue weighted by molar-refractivity contribution is 6.04. The van der Waals surface area contributed by atoms with Crippen molar-refractivity contribution in [1.29, 1.82) is 0 Å². The number of carbonyl (C=O) groups is 2. The number of benzene rings is 2. The van der Waals surface area contributed by atoms with E-state index < -0.39 is 5.91 Å². The normalized spacial score (nSPS) is 12.5. The Labute approximate surface area is 205 Å². The van der Waals surface area contributed by atoms with Gasteiger partial charge in [-0.2, -0.15) is 0 Å². The number of hydrogen-bond acceptors (Lipinski definition) is 7. The van der Waals surface area contributed by atoms with Crippen LogP contribution in [0.1, 0.15) is 34.0 Å². The van der Waals surface area contributed by atoms with Crippen molar-refractivity contribution in [1.82, 2.24) is 9.80 Å². The zero-order valence-corrected chi connectivity index (χ0v) is 20.7. The van der Waals surface area contributed by atoms with Gasteiger partial charge in [-0.25, -0.2) is 0 Å². The zero-order chi connectivity index (χ0) is 25.7. The van der Waals surface area contributed by atoms with E-state index >= 15 is 0 Å². The number of amides is 2. The number of phenols is 2. The highest BCUT2D eigenvalue weighted by Gasteiger charge is 2.31. The van der Waals surface area contributed by atoms with Gasteiger partial charge in [0.15, 0.2) is 0 Å². The van der Waals surface area contributed by atoms with Crippen LogP contribution in [0.3, 0.4) is 0 Å². The fourth-order valence-corrected chi connectivity index (χ4v) is 4.15. The minimum atomic E-state index is -0.433. The standard InChI is InChI=1S/C26H33N3O6/c1-6-28(10-11-34-4)13-16(2)25(32)27-20-9-7-8-18-14-29(15-19(18)20)26(33)23-22(31)12-21(30)17(3)24(23)35-5/h7-9,12,30-31H,2,6,10-11,13-15H2,1,3-5H3,(H,27,32). The number of nitrogens with zero attached hydrogens (tertiary/aromatic N) is 2. The number of phenolic OH excluding ortho intramolecular Hbond substituents is 2. The molecule has 2 aromatic rings. The van der Waals surface area contributed by atoms with E-state index in [4.69, 9.17) is 9.47 Å². The molecule has 9 nitrogen and oxygen atoms in total. The van der Waals surface area contributed by atoms with Gasteiger partial charge in [0.05, 0.1) is 13.7 Å². The van der Waals surface area contributed by atoms with E-state index in [0.717, 1.165) is 23.7 Å². The lowest BCUT2D eigenvalue weighted by Gasteiger charge is -2.21. The Bertz CT molecular complexity index is 1130. The van der Waals surface area contributed by atoms with Crippen molar-refractivity contribution < 1.29 is 29.3 Å². The first-order valence-corrected chi connectivity index (χ1v) is 11.4. The predicted octanol–water partition coefficient (Wildman–Crippen LogP) is 3.03. The lowest BCUT2D eigenvalue weighted by Crippen LogP contribution is -2.32. The highest BCUT2D eigenvalue weighted by atomic mass is 16.5. The molecule has 0 aliphatic carbocycles. The van der Waals surface area contributed by atoms with E-state index in [0.29, 0.717) is 43.1 Å². The second-order valence-corrected chi connectivity index (χ2v) is 8.47. The molecule has 0 saturated carbocycles. The van der Waals surface area contributed by atoms with Crippen molar-refractivity contribution in [2.24, 2.45) is 0 Å². The van der Waals surface area contributed by atoms with E-state index in [1.807, 2.05) is 19.1 Å². The van der Waals surface area contributed by atoms with Crippen LogP contribution in [0, 0.1) is 6.92 Å². The summed E-state index contributed by atoms with van der Waals surface area (Å²) in [5.74, 6) is -1.11. The molecule has 188 valence electrons. The molecule has 3 N–H and O–H groups in total. The van der Waals surface area contributed by atoms with Gasteiger partial charge in [-0.05, 0) is 25.1 Å². The summed E-state index contributed by atoms with van der Waals surface area (Å²) in [7, 11) is 3.02. The first kappa shape index (κ1) is 26.1. The summed E-state index contributed by atoms with van der Waals surface area (Å²) in [6, 6.07) is 6.65. The van der Waals surface area contributed by atoms with Crippen LogP contribution < -0.4 is 10.1 Å². The van der Waals surface area contributed by atoms with Crippen molar-refractivity contribution in [2.75, 3.05) is 45.8 Å². The quantitative estimate of drug-likeness (QED) is 0.446. The summed E-state index contributed by atoms with van der Waals surface area (Å²) < 4.78 is 10.4. The van der Waals surface area contributed by atoms with Gasteiger partial charge in [0.2, 0.25) is 0 Å². The van der Waals surface area contributed by atoms with Gasteiger partial charge >= 0.3 is 0 Å². The van der Waals surface area contributed by atoms with Crippen molar-refractivity contribution in [2.45, 2.75) is 26.9 Å². The molecule has 1 aliphatic rings. The maximum atomic E-state index is 13.3. The van der Waals surface area contributed by atoms with E-state index in [9.17, 15) is 19.8 Å². The van der Waals surface area contributed by atoms with Crippen molar-refractivity contribution in [3.63, 3.8) is 0 Å². The molecule has 0 unspecified atom stereocenters. The molecule has 2 amide bonds. The molecule has 0 aromatic heterocycles. The second-order valence-electron chi connectivity index (χ2n) is 8.47. The SMILES string of the molecule is C=C(CN(CC)CCOC)C(=O)Nc1cccc2c1CN(C(=O)c1c(O)cc(O)c(C)c1OC)C2. The predicted molar refractivity (Wildman–Crippen MR) is 133 cm³/mol. The Morgan fingerprint density at radius 1 is 1.20 bits per heavy atom. The van der Waals surface area contributed by atoms with Crippen LogP contribution in [0.2, 0.25) is 0 Å². The van der Waals surface area contributed by atoms with Gasteiger partial charge in [-0.1, -0.05) is 25.6 Å². The molecule has 0 bridgehead atoms. The third-order valence-electron chi connectivity index (χ3n) is 6.21. The van der Waals surface area contributed by atoms with E-state index in [1.54, 1.807) is 25.0 Å². The highest BCUT2D eigenvalue weighted by Crippen LogP contribution is 2.40. The van der Waals surface area contributed by atoms with Crippen LogP contribution in [0.4, 0.5) is 5.69 Å². The minimum Gasteiger partial charge on any atom is -0.507 e. The van der Waals surface area contributed by atoms with Gasteiger partial charge in [0.1, 0.15) is 22.8 Å². The van der Waals surface area contributed by atoms with Crippen LogP contribution in [-0.2, 0) is 22.6 Å². The monoisotopic (exact) mass is 483 g/mol. The molecule has 0 saturated heterocycles. The molecular weight excluding hydrogens is 450 g/mol. The molecule has 0 atom stereocenters. The Kier molecular flexibility index (Phi) is 8.37. The average molecular weight is 484 g/mol. The zero-order valence-electron chi connectivity index (χ0n) is 20.7. The first-order chi connectivity index (χ1) is 16.7. The third kappa shape index (κ3) is 5.58. The number of anilines is 1. The van der Waals surface area contributed by atoms with Gasteiger partial charge in [-0.15, -0.1) is 0 Å². The first-order valence-electron chi connectivity index (χ1n) is 11.4. The van der Waals surface area contributed by atoms with Gasteiger partial charge in [0, 0.05) is 61.7 Å². The second kappa shape index (κ2) is 11.2. The maximum Gasteiger partial charge on any atom is 0.262 e. The van der Waals surface area contributed by atoms with E-state index in [1.165, 1.54) is 7.11 Å². The molecule has 35 heavy (non-hydrogen) atoms. The summed E-state index contributed by atoms with van der Waals surface area (Å²) in [5.41, 5.74) is 3.12. The molecule has 3 rings (SSSR count). The molecule has 0 radical (unpaired) electrons. The number of nitrogens with one attached hydrogen (secondary N) is 1. The van der Waals surface area contributed by atoms with Crippen LogP contribution in [0.5, 0.6) is 17.2 Å². The fourth-order valence-electron chi connectivity index (χ4n) is 4.15. The van der Waals surface area contributed by atoms with Crippen LogP contribution in [0.15, 0.2) is 36.4 Å². The lowest BCUT2D eigenvalue weighted by atomic mass is 10.1. The fraction of sp³-hybridized carbons (Fsp3) is 0.385. The summed E-state index contributed by atoms with van der Waals surface area (Å²) in [4.78, 5) is 29.8. The number of aromatic hydroxyl groups is 2. The molecule has 2 aromatic carbocycles. The molecule has 0 fully saturated rings. The smallest absolute Gasteiger partial charge is 0.262 e. The van der Waals surface area contributed by atoms with Crippen LogP contribution >= 0.6 is 0 Å². The molecule has 1 heterocycles. The number of rotatable bonds is 10. The lowest BCUT2D eigenvalue weighted by molar-refractivity contribution is -0.113. The molecule has 1 aliphatic heterocycles.